The van der Waals surface area contributed by atoms with Gasteiger partial charge in [-0.15, -0.1) is 0 Å². The quantitative estimate of drug-likeness (QED) is 0.755. The first-order chi connectivity index (χ1) is 8.23. The van der Waals surface area contributed by atoms with Gasteiger partial charge in [0.05, 0.1) is 5.69 Å². The third-order valence-corrected chi connectivity index (χ3v) is 3.68. The van der Waals surface area contributed by atoms with Gasteiger partial charge in [0.2, 0.25) is 0 Å². The lowest BCUT2D eigenvalue weighted by Crippen LogP contribution is -2.17. The largest absolute Gasteiger partial charge is 0.288 e. The van der Waals surface area contributed by atoms with Gasteiger partial charge in [-0.3, -0.25) is 9.88 Å². The maximum Gasteiger partial charge on any atom is 0.102 e. The first-order valence-electron chi connectivity index (χ1n) is 5.62. The minimum absolute atomic E-state index is 0.0498. The summed E-state index contributed by atoms with van der Waals surface area (Å²) < 4.78 is 0. The summed E-state index contributed by atoms with van der Waals surface area (Å²) in [5.74, 6) is 0. The normalized spacial score (nSPS) is 26.8. The summed E-state index contributed by atoms with van der Waals surface area (Å²) in [4.78, 5) is 6.78. The van der Waals surface area contributed by atoms with E-state index in [1.165, 1.54) is 5.56 Å². The molecular formula is C14H13ClN2. The van der Waals surface area contributed by atoms with Gasteiger partial charge in [0, 0.05) is 17.8 Å². The van der Waals surface area contributed by atoms with E-state index in [1.807, 2.05) is 30.5 Å². The van der Waals surface area contributed by atoms with Crippen molar-refractivity contribution in [3.63, 3.8) is 0 Å². The number of aromatic nitrogens is 1. The Hall–Kier alpha value is -1.38. The molecule has 0 aliphatic carbocycles. The number of halogens is 1. The maximum atomic E-state index is 5.94. The summed E-state index contributed by atoms with van der Waals surface area (Å²) in [6.07, 6.45) is 1.85. The predicted molar refractivity (Wildman–Crippen MR) is 69.1 cm³/mol. The molecule has 17 heavy (non-hydrogen) atoms. The van der Waals surface area contributed by atoms with Crippen LogP contribution in [0.4, 0.5) is 0 Å². The van der Waals surface area contributed by atoms with Crippen LogP contribution in [-0.2, 0) is 5.54 Å². The Labute approximate surface area is 106 Å². The smallest absolute Gasteiger partial charge is 0.102 e. The minimum Gasteiger partial charge on any atom is -0.288 e. The molecule has 3 heteroatoms. The fourth-order valence-electron chi connectivity index (χ4n) is 2.38. The van der Waals surface area contributed by atoms with E-state index in [2.05, 4.69) is 35.1 Å². The number of benzene rings is 1. The SMILES string of the molecule is CN1CC1(c1ccc(Cl)cc1)c1ccccn1. The van der Waals surface area contributed by atoms with Crippen molar-refractivity contribution < 1.29 is 0 Å². The molecule has 2 unspecified atom stereocenters. The van der Waals surface area contributed by atoms with Crippen molar-refractivity contribution in [2.75, 3.05) is 13.6 Å². The van der Waals surface area contributed by atoms with E-state index in [0.717, 1.165) is 17.3 Å². The molecule has 1 saturated heterocycles. The molecule has 86 valence electrons. The highest BCUT2D eigenvalue weighted by Gasteiger charge is 2.53. The van der Waals surface area contributed by atoms with Crippen molar-refractivity contribution in [2.24, 2.45) is 0 Å². The van der Waals surface area contributed by atoms with Crippen LogP contribution < -0.4 is 0 Å². The number of nitrogens with zero attached hydrogens (tertiary/aromatic N) is 2. The molecule has 2 heterocycles. The van der Waals surface area contributed by atoms with Crippen molar-refractivity contribution in [3.8, 4) is 0 Å². The van der Waals surface area contributed by atoms with Gasteiger partial charge >= 0.3 is 0 Å². The lowest BCUT2D eigenvalue weighted by atomic mass is 9.95. The van der Waals surface area contributed by atoms with Crippen LogP contribution in [0.3, 0.4) is 0 Å². The van der Waals surface area contributed by atoms with E-state index in [1.54, 1.807) is 0 Å². The molecule has 2 aromatic rings. The lowest BCUT2D eigenvalue weighted by molar-refractivity contribution is 0.531. The first-order valence-corrected chi connectivity index (χ1v) is 6.00. The fourth-order valence-corrected chi connectivity index (χ4v) is 2.50. The Morgan fingerprint density at radius 1 is 1.18 bits per heavy atom. The number of likely N-dealkylation sites (N-methyl/N-ethyl adjacent to an activating group) is 1. The molecule has 0 radical (unpaired) electrons. The average molecular weight is 245 g/mol. The highest BCUT2D eigenvalue weighted by Crippen LogP contribution is 2.45. The van der Waals surface area contributed by atoms with E-state index in [9.17, 15) is 0 Å². The van der Waals surface area contributed by atoms with Crippen LogP contribution in [0.5, 0.6) is 0 Å². The van der Waals surface area contributed by atoms with Crippen LogP contribution in [0.15, 0.2) is 48.7 Å². The molecular weight excluding hydrogens is 232 g/mol. The zero-order valence-electron chi connectivity index (χ0n) is 9.60. The van der Waals surface area contributed by atoms with Gasteiger partial charge in [-0.25, -0.2) is 0 Å². The van der Waals surface area contributed by atoms with Crippen molar-refractivity contribution in [1.82, 2.24) is 9.88 Å². The molecule has 1 aliphatic rings. The van der Waals surface area contributed by atoms with E-state index >= 15 is 0 Å². The molecule has 0 spiro atoms. The number of rotatable bonds is 2. The van der Waals surface area contributed by atoms with Crippen LogP contribution in [0.1, 0.15) is 11.3 Å². The molecule has 2 atom stereocenters. The summed E-state index contributed by atoms with van der Waals surface area (Å²) >= 11 is 5.94. The summed E-state index contributed by atoms with van der Waals surface area (Å²) in [6, 6.07) is 14.1. The molecule has 1 aromatic carbocycles. The maximum absolute atomic E-state index is 5.94. The molecule has 2 nitrogen and oxygen atoms in total. The Morgan fingerprint density at radius 3 is 2.41 bits per heavy atom. The molecule has 0 amide bonds. The molecule has 3 rings (SSSR count). The molecule has 0 bridgehead atoms. The standard InChI is InChI=1S/C14H13ClN2/c1-17-10-14(17,13-4-2-3-9-16-13)11-5-7-12(15)8-6-11/h2-9H,10H2,1H3. The van der Waals surface area contributed by atoms with Crippen LogP contribution >= 0.6 is 11.6 Å². The number of pyridine rings is 1. The van der Waals surface area contributed by atoms with Gasteiger partial charge in [0.1, 0.15) is 5.54 Å². The number of hydrogen-bond acceptors (Lipinski definition) is 2. The van der Waals surface area contributed by atoms with Gasteiger partial charge in [-0.1, -0.05) is 29.8 Å². The van der Waals surface area contributed by atoms with Gasteiger partial charge < -0.3 is 0 Å². The Bertz CT molecular complexity index is 524. The van der Waals surface area contributed by atoms with E-state index in [0.29, 0.717) is 0 Å². The van der Waals surface area contributed by atoms with Crippen LogP contribution in [0, 0.1) is 0 Å². The van der Waals surface area contributed by atoms with E-state index in [4.69, 9.17) is 11.6 Å². The van der Waals surface area contributed by atoms with Crippen LogP contribution in [0.2, 0.25) is 5.02 Å². The summed E-state index contributed by atoms with van der Waals surface area (Å²) in [7, 11) is 2.11. The second-order valence-electron chi connectivity index (χ2n) is 4.44. The van der Waals surface area contributed by atoms with Crippen LogP contribution in [0.25, 0.3) is 0 Å². The molecule has 1 aromatic heterocycles. The average Bonchev–Trinajstić information content (AvgIpc) is 3.04. The third kappa shape index (κ3) is 1.65. The van der Waals surface area contributed by atoms with Crippen molar-refractivity contribution >= 4 is 11.6 Å². The molecule has 0 saturated carbocycles. The van der Waals surface area contributed by atoms with Gasteiger partial charge in [-0.05, 0) is 36.9 Å². The highest BCUT2D eigenvalue weighted by molar-refractivity contribution is 6.30. The van der Waals surface area contributed by atoms with Gasteiger partial charge in [-0.2, -0.15) is 0 Å². The Morgan fingerprint density at radius 2 is 1.88 bits per heavy atom. The second kappa shape index (κ2) is 3.83. The summed E-state index contributed by atoms with van der Waals surface area (Å²) in [5.41, 5.74) is 2.30. The van der Waals surface area contributed by atoms with Gasteiger partial charge in [0.25, 0.3) is 0 Å². The first kappa shape index (κ1) is 10.8. The fraction of sp³-hybridized carbons (Fsp3) is 0.214. The van der Waals surface area contributed by atoms with Crippen molar-refractivity contribution in [2.45, 2.75) is 5.54 Å². The summed E-state index contributed by atoms with van der Waals surface area (Å²) in [5, 5.41) is 0.772. The zero-order chi connectivity index (χ0) is 11.9. The Balaban J connectivity index is 2.07. The third-order valence-electron chi connectivity index (χ3n) is 3.42. The lowest BCUT2D eigenvalue weighted by Gasteiger charge is -2.16. The van der Waals surface area contributed by atoms with E-state index < -0.39 is 0 Å². The van der Waals surface area contributed by atoms with Crippen molar-refractivity contribution in [1.29, 1.82) is 0 Å². The topological polar surface area (TPSA) is 15.9 Å². The molecule has 1 fully saturated rings. The monoisotopic (exact) mass is 244 g/mol. The van der Waals surface area contributed by atoms with E-state index in [-0.39, 0.29) is 5.54 Å². The second-order valence-corrected chi connectivity index (χ2v) is 4.87. The van der Waals surface area contributed by atoms with Gasteiger partial charge in [0.15, 0.2) is 0 Å². The van der Waals surface area contributed by atoms with Crippen molar-refractivity contribution in [3.05, 3.63) is 64.9 Å². The number of hydrogen-bond donors (Lipinski definition) is 0. The highest BCUT2D eigenvalue weighted by atomic mass is 35.5. The molecule has 1 aliphatic heterocycles. The zero-order valence-corrected chi connectivity index (χ0v) is 10.4. The summed E-state index contributed by atoms with van der Waals surface area (Å²) in [6.45, 7) is 1.01. The molecule has 0 N–H and O–H groups in total. The Kier molecular flexibility index (Phi) is 2.42. The van der Waals surface area contributed by atoms with Crippen LogP contribution in [-0.4, -0.2) is 23.5 Å². The minimum atomic E-state index is -0.0498. The predicted octanol–water partition coefficient (Wildman–Crippen LogP) is 2.92.